The highest BCUT2D eigenvalue weighted by Gasteiger charge is 2.28. The van der Waals surface area contributed by atoms with E-state index in [1.54, 1.807) is 0 Å². The van der Waals surface area contributed by atoms with E-state index in [2.05, 4.69) is 4.90 Å². The maximum atomic E-state index is 11.2. The fourth-order valence-electron chi connectivity index (χ4n) is 2.42. The molecule has 19 heavy (non-hydrogen) atoms. The van der Waals surface area contributed by atoms with Crippen LogP contribution in [0.15, 0.2) is 24.3 Å². The summed E-state index contributed by atoms with van der Waals surface area (Å²) in [7, 11) is 0. The third kappa shape index (κ3) is 3.68. The van der Waals surface area contributed by atoms with Crippen LogP contribution < -0.4 is 16.2 Å². The molecule has 1 fully saturated rings. The normalized spacial score (nSPS) is 19.5. The minimum absolute atomic E-state index is 0.122. The van der Waals surface area contributed by atoms with Gasteiger partial charge < -0.3 is 16.2 Å². The quantitative estimate of drug-likeness (QED) is 0.782. The zero-order chi connectivity index (χ0) is 13.7. The fraction of sp³-hybridized carbons (Fsp3) is 0.500. The molecule has 1 atom stereocenters. The molecule has 0 aromatic heterocycles. The first-order valence-electron chi connectivity index (χ1n) is 6.66. The van der Waals surface area contributed by atoms with E-state index in [0.717, 1.165) is 37.2 Å². The molecule has 4 N–H and O–H groups in total. The minimum atomic E-state index is -0.232. The van der Waals surface area contributed by atoms with Gasteiger partial charge in [0.1, 0.15) is 12.4 Å². The Balaban J connectivity index is 1.78. The highest BCUT2D eigenvalue weighted by molar-refractivity contribution is 5.80. The van der Waals surface area contributed by atoms with Crippen molar-refractivity contribution < 1.29 is 9.53 Å². The first-order chi connectivity index (χ1) is 9.20. The van der Waals surface area contributed by atoms with Crippen molar-refractivity contribution in [3.05, 3.63) is 29.8 Å². The number of hydrogen-bond acceptors (Lipinski definition) is 4. The summed E-state index contributed by atoms with van der Waals surface area (Å²) in [6.07, 6.45) is 1.89. The van der Waals surface area contributed by atoms with E-state index >= 15 is 0 Å². The van der Waals surface area contributed by atoms with Gasteiger partial charge in [-0.15, -0.1) is 0 Å². The summed E-state index contributed by atoms with van der Waals surface area (Å²) in [4.78, 5) is 13.3. The lowest BCUT2D eigenvalue weighted by atomic mass is 10.2. The lowest BCUT2D eigenvalue weighted by Gasteiger charge is -2.21. The summed E-state index contributed by atoms with van der Waals surface area (Å²) in [5.41, 5.74) is 12.0. The van der Waals surface area contributed by atoms with Crippen molar-refractivity contribution in [2.45, 2.75) is 25.4 Å². The van der Waals surface area contributed by atoms with Crippen molar-refractivity contribution >= 4 is 5.91 Å². The van der Waals surface area contributed by atoms with E-state index in [0.29, 0.717) is 13.2 Å². The zero-order valence-corrected chi connectivity index (χ0v) is 11.0. The smallest absolute Gasteiger partial charge is 0.234 e. The third-order valence-corrected chi connectivity index (χ3v) is 3.50. The monoisotopic (exact) mass is 263 g/mol. The molecule has 0 saturated carbocycles. The zero-order valence-electron chi connectivity index (χ0n) is 11.0. The molecule has 1 amide bonds. The molecular weight excluding hydrogens is 242 g/mol. The summed E-state index contributed by atoms with van der Waals surface area (Å²) >= 11 is 0. The van der Waals surface area contributed by atoms with Gasteiger partial charge in [-0.25, -0.2) is 0 Å². The van der Waals surface area contributed by atoms with Gasteiger partial charge in [-0.05, 0) is 37.1 Å². The standard InChI is InChI=1S/C14H21N3O2/c15-10-11-3-5-12(6-4-11)19-9-8-17-7-1-2-13(17)14(16)18/h3-6,13H,1-2,7-10,15H2,(H2,16,18). The summed E-state index contributed by atoms with van der Waals surface area (Å²) in [6.45, 7) is 2.75. The molecule has 0 radical (unpaired) electrons. The Labute approximate surface area is 113 Å². The first-order valence-corrected chi connectivity index (χ1v) is 6.66. The van der Waals surface area contributed by atoms with Crippen LogP contribution in [0, 0.1) is 0 Å². The molecule has 0 spiro atoms. The second kappa shape index (κ2) is 6.54. The molecule has 1 aromatic carbocycles. The number of hydrogen-bond donors (Lipinski definition) is 2. The topological polar surface area (TPSA) is 81.6 Å². The van der Waals surface area contributed by atoms with Crippen LogP contribution >= 0.6 is 0 Å². The Bertz CT molecular complexity index is 419. The number of rotatable bonds is 6. The highest BCUT2D eigenvalue weighted by Crippen LogP contribution is 2.17. The predicted octanol–water partition coefficient (Wildman–Crippen LogP) is 0.474. The van der Waals surface area contributed by atoms with Gasteiger partial charge in [0.25, 0.3) is 0 Å². The average molecular weight is 263 g/mol. The lowest BCUT2D eigenvalue weighted by molar-refractivity contribution is -0.122. The van der Waals surface area contributed by atoms with E-state index in [1.807, 2.05) is 24.3 Å². The van der Waals surface area contributed by atoms with Crippen LogP contribution in [0.5, 0.6) is 5.75 Å². The summed E-state index contributed by atoms with van der Waals surface area (Å²) in [6, 6.07) is 7.62. The van der Waals surface area contributed by atoms with Crippen molar-refractivity contribution in [3.63, 3.8) is 0 Å². The van der Waals surface area contributed by atoms with Gasteiger partial charge in [0.15, 0.2) is 0 Å². The van der Waals surface area contributed by atoms with Crippen LogP contribution in [0.4, 0.5) is 0 Å². The number of amides is 1. The van der Waals surface area contributed by atoms with Gasteiger partial charge in [-0.3, -0.25) is 9.69 Å². The Morgan fingerprint density at radius 3 is 2.74 bits per heavy atom. The summed E-state index contributed by atoms with van der Waals surface area (Å²) < 4.78 is 5.66. The number of likely N-dealkylation sites (tertiary alicyclic amines) is 1. The minimum Gasteiger partial charge on any atom is -0.492 e. The lowest BCUT2D eigenvalue weighted by Crippen LogP contribution is -2.42. The molecule has 5 nitrogen and oxygen atoms in total. The first kappa shape index (κ1) is 13.8. The Kier molecular flexibility index (Phi) is 4.76. The van der Waals surface area contributed by atoms with Crippen LogP contribution in [0.2, 0.25) is 0 Å². The van der Waals surface area contributed by atoms with E-state index in [9.17, 15) is 4.79 Å². The van der Waals surface area contributed by atoms with Gasteiger partial charge in [0.2, 0.25) is 5.91 Å². The Morgan fingerprint density at radius 2 is 2.11 bits per heavy atom. The van der Waals surface area contributed by atoms with Crippen LogP contribution in [0.3, 0.4) is 0 Å². The molecule has 1 unspecified atom stereocenters. The molecule has 1 aliphatic rings. The Morgan fingerprint density at radius 1 is 1.37 bits per heavy atom. The van der Waals surface area contributed by atoms with Crippen molar-refractivity contribution in [2.75, 3.05) is 19.7 Å². The van der Waals surface area contributed by atoms with Crippen molar-refractivity contribution in [3.8, 4) is 5.75 Å². The maximum absolute atomic E-state index is 11.2. The molecule has 1 saturated heterocycles. The molecule has 2 rings (SSSR count). The van der Waals surface area contributed by atoms with Crippen molar-refractivity contribution in [2.24, 2.45) is 11.5 Å². The van der Waals surface area contributed by atoms with Gasteiger partial charge in [-0.1, -0.05) is 12.1 Å². The Hall–Kier alpha value is -1.59. The van der Waals surface area contributed by atoms with E-state index in [1.165, 1.54) is 0 Å². The van der Waals surface area contributed by atoms with Crippen molar-refractivity contribution in [1.29, 1.82) is 0 Å². The number of benzene rings is 1. The van der Waals surface area contributed by atoms with E-state index in [4.69, 9.17) is 16.2 Å². The maximum Gasteiger partial charge on any atom is 0.234 e. The van der Waals surface area contributed by atoms with Gasteiger partial charge in [-0.2, -0.15) is 0 Å². The van der Waals surface area contributed by atoms with Crippen LogP contribution in [-0.2, 0) is 11.3 Å². The number of nitrogens with two attached hydrogens (primary N) is 2. The fourth-order valence-corrected chi connectivity index (χ4v) is 2.42. The predicted molar refractivity (Wildman–Crippen MR) is 73.6 cm³/mol. The average Bonchev–Trinajstić information content (AvgIpc) is 2.88. The molecule has 5 heteroatoms. The number of primary amides is 1. The third-order valence-electron chi connectivity index (χ3n) is 3.50. The molecule has 0 bridgehead atoms. The van der Waals surface area contributed by atoms with Crippen LogP contribution in [0.1, 0.15) is 18.4 Å². The SMILES string of the molecule is NCc1ccc(OCCN2CCCC2C(N)=O)cc1. The number of carbonyl (C=O) groups is 1. The molecular formula is C14H21N3O2. The summed E-state index contributed by atoms with van der Waals surface area (Å²) in [5.74, 6) is 0.594. The van der Waals surface area contributed by atoms with Gasteiger partial charge in [0.05, 0.1) is 6.04 Å². The molecule has 0 aliphatic carbocycles. The van der Waals surface area contributed by atoms with Crippen LogP contribution in [0.25, 0.3) is 0 Å². The second-order valence-electron chi connectivity index (χ2n) is 4.79. The van der Waals surface area contributed by atoms with E-state index in [-0.39, 0.29) is 11.9 Å². The molecule has 104 valence electrons. The summed E-state index contributed by atoms with van der Waals surface area (Å²) in [5, 5.41) is 0. The number of carbonyl (C=O) groups excluding carboxylic acids is 1. The number of ether oxygens (including phenoxy) is 1. The van der Waals surface area contributed by atoms with Crippen LogP contribution in [-0.4, -0.2) is 36.5 Å². The molecule has 1 aromatic rings. The number of nitrogens with zero attached hydrogens (tertiary/aromatic N) is 1. The van der Waals surface area contributed by atoms with Gasteiger partial charge in [0, 0.05) is 13.1 Å². The largest absolute Gasteiger partial charge is 0.492 e. The van der Waals surface area contributed by atoms with Crippen molar-refractivity contribution in [1.82, 2.24) is 4.90 Å². The van der Waals surface area contributed by atoms with E-state index < -0.39 is 0 Å². The highest BCUT2D eigenvalue weighted by atomic mass is 16.5. The molecule has 1 heterocycles. The second-order valence-corrected chi connectivity index (χ2v) is 4.79. The molecule has 1 aliphatic heterocycles. The van der Waals surface area contributed by atoms with Gasteiger partial charge >= 0.3 is 0 Å².